The van der Waals surface area contributed by atoms with Gasteiger partial charge in [0.25, 0.3) is 6.54 Å². The highest BCUT2D eigenvalue weighted by molar-refractivity contribution is 5.85. The maximum Gasteiger partial charge on any atom is 0.383 e. The predicted octanol–water partition coefficient (Wildman–Crippen LogP) is 2.33. The highest BCUT2D eigenvalue weighted by Crippen LogP contribution is 2.21. The summed E-state index contributed by atoms with van der Waals surface area (Å²) < 4.78 is 4.88. The Balaban J connectivity index is 2.22. The highest BCUT2D eigenvalue weighted by atomic mass is 16.6. The van der Waals surface area contributed by atoms with Gasteiger partial charge in [-0.25, -0.2) is 4.79 Å². The molecule has 0 saturated heterocycles. The van der Waals surface area contributed by atoms with Crippen molar-refractivity contribution in [3.63, 3.8) is 0 Å². The van der Waals surface area contributed by atoms with E-state index >= 15 is 0 Å². The molecule has 2 rings (SSSR count). The molecule has 0 aromatic heterocycles. The molecule has 0 aliphatic carbocycles. The SMILES string of the molecule is Cc1ccc2cc(OC(=O)C[N+](=O)[O-])ccc2c1. The van der Waals surface area contributed by atoms with Gasteiger partial charge in [-0.15, -0.1) is 0 Å². The summed E-state index contributed by atoms with van der Waals surface area (Å²) in [7, 11) is 0. The molecule has 0 saturated carbocycles. The Morgan fingerprint density at radius 2 is 1.89 bits per heavy atom. The maximum absolute atomic E-state index is 11.1. The van der Waals surface area contributed by atoms with Crippen molar-refractivity contribution >= 4 is 16.7 Å². The van der Waals surface area contributed by atoms with Crippen LogP contribution in [0.3, 0.4) is 0 Å². The van der Waals surface area contributed by atoms with Gasteiger partial charge in [-0.1, -0.05) is 29.8 Å². The Bertz CT molecular complexity index is 621. The van der Waals surface area contributed by atoms with Crippen molar-refractivity contribution < 1.29 is 14.5 Å². The lowest BCUT2D eigenvalue weighted by Crippen LogP contribution is -2.19. The summed E-state index contributed by atoms with van der Waals surface area (Å²) in [6.07, 6.45) is 0. The molecule has 0 atom stereocenters. The molecule has 0 unspecified atom stereocenters. The van der Waals surface area contributed by atoms with Gasteiger partial charge < -0.3 is 4.74 Å². The van der Waals surface area contributed by atoms with Crippen LogP contribution < -0.4 is 4.74 Å². The molecule has 0 bridgehead atoms. The molecule has 0 aliphatic rings. The van der Waals surface area contributed by atoms with Crippen molar-refractivity contribution in [2.24, 2.45) is 0 Å². The number of nitrogens with zero attached hydrogens (tertiary/aromatic N) is 1. The van der Waals surface area contributed by atoms with Gasteiger partial charge in [-0.3, -0.25) is 10.1 Å². The van der Waals surface area contributed by atoms with Gasteiger partial charge >= 0.3 is 5.97 Å². The van der Waals surface area contributed by atoms with Crippen LogP contribution in [0.15, 0.2) is 36.4 Å². The summed E-state index contributed by atoms with van der Waals surface area (Å²) in [4.78, 5) is 20.6. The third kappa shape index (κ3) is 2.82. The Morgan fingerprint density at radius 3 is 2.61 bits per heavy atom. The van der Waals surface area contributed by atoms with Gasteiger partial charge in [0.15, 0.2) is 0 Å². The summed E-state index contributed by atoms with van der Waals surface area (Å²) >= 11 is 0. The molecule has 2 aromatic carbocycles. The number of hydrogen-bond donors (Lipinski definition) is 0. The minimum absolute atomic E-state index is 0.318. The van der Waals surface area contributed by atoms with Gasteiger partial charge in [0.2, 0.25) is 0 Å². The molecular weight excluding hydrogens is 234 g/mol. The predicted molar refractivity (Wildman–Crippen MR) is 66.2 cm³/mol. The number of hydrogen-bond acceptors (Lipinski definition) is 4. The van der Waals surface area contributed by atoms with E-state index < -0.39 is 17.4 Å². The molecule has 0 radical (unpaired) electrons. The summed E-state index contributed by atoms with van der Waals surface area (Å²) in [6, 6.07) is 11.0. The fourth-order valence-electron chi connectivity index (χ4n) is 1.68. The van der Waals surface area contributed by atoms with E-state index in [0.29, 0.717) is 5.75 Å². The first-order valence-electron chi connectivity index (χ1n) is 5.37. The average Bonchev–Trinajstić information content (AvgIpc) is 2.28. The average molecular weight is 245 g/mol. The number of rotatable bonds is 3. The van der Waals surface area contributed by atoms with Crippen LogP contribution in [0.25, 0.3) is 10.8 Å². The van der Waals surface area contributed by atoms with E-state index in [2.05, 4.69) is 0 Å². The van der Waals surface area contributed by atoms with E-state index in [1.54, 1.807) is 12.1 Å². The maximum atomic E-state index is 11.1. The third-order valence-electron chi connectivity index (χ3n) is 2.46. The van der Waals surface area contributed by atoms with Crippen molar-refractivity contribution in [2.45, 2.75) is 6.92 Å². The molecule has 92 valence electrons. The first kappa shape index (κ1) is 12.0. The van der Waals surface area contributed by atoms with E-state index in [-0.39, 0.29) is 0 Å². The summed E-state index contributed by atoms with van der Waals surface area (Å²) in [5.74, 6) is -0.551. The van der Waals surface area contributed by atoms with Crippen molar-refractivity contribution in [1.82, 2.24) is 0 Å². The molecular formula is C13H11NO4. The second-order valence-electron chi connectivity index (χ2n) is 3.98. The van der Waals surface area contributed by atoms with Gasteiger partial charge in [-0.05, 0) is 29.8 Å². The molecule has 0 amide bonds. The number of nitro groups is 1. The second-order valence-corrected chi connectivity index (χ2v) is 3.98. The molecule has 0 aliphatic heterocycles. The van der Waals surface area contributed by atoms with Crippen molar-refractivity contribution in [2.75, 3.05) is 6.54 Å². The quantitative estimate of drug-likeness (QED) is 0.360. The van der Waals surface area contributed by atoms with Gasteiger partial charge in [0.1, 0.15) is 5.75 Å². The first-order valence-corrected chi connectivity index (χ1v) is 5.37. The normalized spacial score (nSPS) is 10.3. The Morgan fingerprint density at radius 1 is 1.22 bits per heavy atom. The van der Waals surface area contributed by atoms with Crippen LogP contribution >= 0.6 is 0 Å². The minimum atomic E-state index is -0.869. The monoisotopic (exact) mass is 245 g/mol. The standard InChI is InChI=1S/C13H11NO4/c1-9-2-3-11-7-12(5-4-10(11)6-9)18-13(15)8-14(16)17/h2-7H,8H2,1H3. The summed E-state index contributed by atoms with van der Waals surface area (Å²) in [5.41, 5.74) is 1.14. The van der Waals surface area contributed by atoms with Crippen LogP contribution in [0.4, 0.5) is 0 Å². The third-order valence-corrected chi connectivity index (χ3v) is 2.46. The highest BCUT2D eigenvalue weighted by Gasteiger charge is 2.12. The van der Waals surface area contributed by atoms with E-state index in [0.717, 1.165) is 16.3 Å². The Hall–Kier alpha value is -2.43. The number of aryl methyl sites for hydroxylation is 1. The molecule has 0 fully saturated rings. The fourth-order valence-corrected chi connectivity index (χ4v) is 1.68. The van der Waals surface area contributed by atoms with E-state index in [9.17, 15) is 14.9 Å². The lowest BCUT2D eigenvalue weighted by Gasteiger charge is -2.04. The number of fused-ring (bicyclic) bond motifs is 1. The first-order chi connectivity index (χ1) is 8.54. The zero-order valence-electron chi connectivity index (χ0n) is 9.75. The lowest BCUT2D eigenvalue weighted by atomic mass is 10.1. The molecule has 2 aromatic rings. The van der Waals surface area contributed by atoms with Gasteiger partial charge in [0, 0.05) is 4.92 Å². The molecule has 0 heterocycles. The number of esters is 1. The van der Waals surface area contributed by atoms with E-state index in [4.69, 9.17) is 4.74 Å². The minimum Gasteiger partial charge on any atom is -0.422 e. The van der Waals surface area contributed by atoms with E-state index in [1.807, 2.05) is 31.2 Å². The van der Waals surface area contributed by atoms with Crippen LogP contribution in [0.2, 0.25) is 0 Å². The van der Waals surface area contributed by atoms with Crippen molar-refractivity contribution in [3.05, 3.63) is 52.1 Å². The van der Waals surface area contributed by atoms with Crippen LogP contribution in [0.1, 0.15) is 5.56 Å². The van der Waals surface area contributed by atoms with E-state index in [1.165, 1.54) is 0 Å². The van der Waals surface area contributed by atoms with Gasteiger partial charge in [-0.2, -0.15) is 0 Å². The zero-order valence-corrected chi connectivity index (χ0v) is 9.75. The van der Waals surface area contributed by atoms with Crippen LogP contribution in [-0.4, -0.2) is 17.4 Å². The molecule has 0 N–H and O–H groups in total. The summed E-state index contributed by atoms with van der Waals surface area (Å²) in [5, 5.41) is 12.1. The Kier molecular flexibility index (Phi) is 3.23. The molecule has 0 spiro atoms. The number of carbonyl (C=O) groups is 1. The topological polar surface area (TPSA) is 69.4 Å². The molecule has 5 nitrogen and oxygen atoms in total. The fraction of sp³-hybridized carbons (Fsp3) is 0.154. The van der Waals surface area contributed by atoms with Crippen molar-refractivity contribution in [3.8, 4) is 5.75 Å². The zero-order chi connectivity index (χ0) is 13.1. The van der Waals surface area contributed by atoms with Gasteiger partial charge in [0.05, 0.1) is 0 Å². The van der Waals surface area contributed by atoms with Crippen LogP contribution in [-0.2, 0) is 4.79 Å². The summed E-state index contributed by atoms with van der Waals surface area (Å²) in [6.45, 7) is 1.16. The van der Waals surface area contributed by atoms with Crippen molar-refractivity contribution in [1.29, 1.82) is 0 Å². The molecule has 5 heteroatoms. The Labute approximate surface area is 103 Å². The largest absolute Gasteiger partial charge is 0.422 e. The number of ether oxygens (including phenoxy) is 1. The van der Waals surface area contributed by atoms with Crippen LogP contribution in [0, 0.1) is 17.0 Å². The lowest BCUT2D eigenvalue weighted by molar-refractivity contribution is -0.469. The smallest absolute Gasteiger partial charge is 0.383 e. The van der Waals surface area contributed by atoms with Crippen LogP contribution in [0.5, 0.6) is 5.75 Å². The number of carbonyl (C=O) groups excluding carboxylic acids is 1. The number of benzene rings is 2. The molecule has 18 heavy (non-hydrogen) atoms. The second kappa shape index (κ2) is 4.83.